The van der Waals surface area contributed by atoms with E-state index in [2.05, 4.69) is 9.97 Å². The first-order chi connectivity index (χ1) is 6.86. The smallest absolute Gasteiger partial charge is 0.118 e. The van der Waals surface area contributed by atoms with Gasteiger partial charge in [0.15, 0.2) is 0 Å². The zero-order valence-corrected chi connectivity index (χ0v) is 7.77. The molecule has 0 radical (unpaired) electrons. The SMILES string of the molecule is Oc1ccccc1CCc1ncc[nH]1. The Morgan fingerprint density at radius 1 is 1.21 bits per heavy atom. The van der Waals surface area contributed by atoms with Crippen LogP contribution in [0.5, 0.6) is 5.75 Å². The van der Waals surface area contributed by atoms with E-state index in [1.54, 1.807) is 18.5 Å². The quantitative estimate of drug-likeness (QED) is 0.772. The number of nitrogens with one attached hydrogen (secondary N) is 1. The van der Waals surface area contributed by atoms with Gasteiger partial charge in [-0.15, -0.1) is 0 Å². The lowest BCUT2D eigenvalue weighted by Gasteiger charge is -2.01. The van der Waals surface area contributed by atoms with Gasteiger partial charge in [-0.1, -0.05) is 18.2 Å². The fourth-order valence-electron chi connectivity index (χ4n) is 1.41. The van der Waals surface area contributed by atoms with Crippen molar-refractivity contribution in [3.05, 3.63) is 48.0 Å². The summed E-state index contributed by atoms with van der Waals surface area (Å²) in [6.07, 6.45) is 5.17. The summed E-state index contributed by atoms with van der Waals surface area (Å²) in [5.74, 6) is 1.31. The molecule has 72 valence electrons. The Hall–Kier alpha value is -1.77. The van der Waals surface area contributed by atoms with E-state index in [0.717, 1.165) is 24.2 Å². The number of imidazole rings is 1. The Morgan fingerprint density at radius 3 is 2.79 bits per heavy atom. The maximum Gasteiger partial charge on any atom is 0.118 e. The van der Waals surface area contributed by atoms with Crippen LogP contribution >= 0.6 is 0 Å². The molecule has 0 saturated carbocycles. The second kappa shape index (κ2) is 3.96. The van der Waals surface area contributed by atoms with Gasteiger partial charge >= 0.3 is 0 Å². The molecule has 0 saturated heterocycles. The van der Waals surface area contributed by atoms with Crippen molar-refractivity contribution in [3.63, 3.8) is 0 Å². The number of benzene rings is 1. The summed E-state index contributed by atoms with van der Waals surface area (Å²) < 4.78 is 0. The van der Waals surface area contributed by atoms with Crippen molar-refractivity contribution in [1.82, 2.24) is 9.97 Å². The highest BCUT2D eigenvalue weighted by Gasteiger charge is 2.00. The number of H-pyrrole nitrogens is 1. The van der Waals surface area contributed by atoms with Crippen LogP contribution in [0.4, 0.5) is 0 Å². The van der Waals surface area contributed by atoms with E-state index in [-0.39, 0.29) is 0 Å². The van der Waals surface area contributed by atoms with Crippen molar-refractivity contribution in [2.45, 2.75) is 12.8 Å². The predicted octanol–water partition coefficient (Wildman–Crippen LogP) is 1.90. The standard InChI is InChI=1S/C11H12N2O/c14-10-4-2-1-3-9(10)5-6-11-12-7-8-13-11/h1-4,7-8,14H,5-6H2,(H,12,13). The van der Waals surface area contributed by atoms with Crippen LogP contribution in [0.3, 0.4) is 0 Å². The minimum absolute atomic E-state index is 0.360. The van der Waals surface area contributed by atoms with Crippen LogP contribution in [-0.4, -0.2) is 15.1 Å². The predicted molar refractivity (Wildman–Crippen MR) is 54.1 cm³/mol. The topological polar surface area (TPSA) is 48.9 Å². The van der Waals surface area contributed by atoms with Gasteiger partial charge in [0.05, 0.1) is 0 Å². The van der Waals surface area contributed by atoms with E-state index in [1.807, 2.05) is 18.2 Å². The molecule has 0 unspecified atom stereocenters. The normalized spacial score (nSPS) is 10.3. The third-order valence-corrected chi connectivity index (χ3v) is 2.18. The first kappa shape index (κ1) is 8.81. The molecule has 0 amide bonds. The maximum absolute atomic E-state index is 9.51. The molecule has 0 aliphatic heterocycles. The first-order valence-corrected chi connectivity index (χ1v) is 4.61. The molecule has 0 spiro atoms. The van der Waals surface area contributed by atoms with Crippen molar-refractivity contribution in [2.75, 3.05) is 0 Å². The number of aromatic nitrogens is 2. The monoisotopic (exact) mass is 188 g/mol. The number of phenolic OH excluding ortho intramolecular Hbond substituents is 1. The van der Waals surface area contributed by atoms with Crippen molar-refractivity contribution in [2.24, 2.45) is 0 Å². The number of nitrogens with zero attached hydrogens (tertiary/aromatic N) is 1. The van der Waals surface area contributed by atoms with E-state index in [0.29, 0.717) is 5.75 Å². The first-order valence-electron chi connectivity index (χ1n) is 4.61. The Morgan fingerprint density at radius 2 is 2.07 bits per heavy atom. The molecule has 2 aromatic rings. The molecule has 2 rings (SSSR count). The molecule has 0 aliphatic carbocycles. The lowest BCUT2D eigenvalue weighted by molar-refractivity contribution is 0.468. The Bertz CT molecular complexity index is 395. The Balaban J connectivity index is 2.02. The summed E-state index contributed by atoms with van der Waals surface area (Å²) >= 11 is 0. The van der Waals surface area contributed by atoms with E-state index in [9.17, 15) is 5.11 Å². The summed E-state index contributed by atoms with van der Waals surface area (Å²) in [4.78, 5) is 7.16. The summed E-state index contributed by atoms with van der Waals surface area (Å²) in [6, 6.07) is 7.39. The highest BCUT2D eigenvalue weighted by atomic mass is 16.3. The fraction of sp³-hybridized carbons (Fsp3) is 0.182. The Labute approximate surface area is 82.4 Å². The lowest BCUT2D eigenvalue weighted by atomic mass is 10.1. The summed E-state index contributed by atoms with van der Waals surface area (Å²) in [6.45, 7) is 0. The van der Waals surface area contributed by atoms with E-state index >= 15 is 0 Å². The fourth-order valence-corrected chi connectivity index (χ4v) is 1.41. The molecule has 14 heavy (non-hydrogen) atoms. The van der Waals surface area contributed by atoms with E-state index in [1.165, 1.54) is 0 Å². The van der Waals surface area contributed by atoms with Crippen LogP contribution < -0.4 is 0 Å². The van der Waals surface area contributed by atoms with Crippen molar-refractivity contribution in [3.8, 4) is 5.75 Å². The zero-order chi connectivity index (χ0) is 9.80. The van der Waals surface area contributed by atoms with Crippen LogP contribution in [0.15, 0.2) is 36.7 Å². The average molecular weight is 188 g/mol. The van der Waals surface area contributed by atoms with Crippen molar-refractivity contribution >= 4 is 0 Å². The number of phenols is 1. The third kappa shape index (κ3) is 1.93. The molecule has 0 fully saturated rings. The number of para-hydroxylation sites is 1. The minimum Gasteiger partial charge on any atom is -0.508 e. The number of hydrogen-bond acceptors (Lipinski definition) is 2. The van der Waals surface area contributed by atoms with Gasteiger partial charge in [-0.25, -0.2) is 4.98 Å². The van der Waals surface area contributed by atoms with E-state index in [4.69, 9.17) is 0 Å². The summed E-state index contributed by atoms with van der Waals surface area (Å²) in [5, 5.41) is 9.51. The molecular weight excluding hydrogens is 176 g/mol. The van der Waals surface area contributed by atoms with Gasteiger partial charge in [0.25, 0.3) is 0 Å². The van der Waals surface area contributed by atoms with Crippen LogP contribution in [0.2, 0.25) is 0 Å². The maximum atomic E-state index is 9.51. The molecular formula is C11H12N2O. The molecule has 0 aliphatic rings. The molecule has 0 atom stereocenters. The van der Waals surface area contributed by atoms with E-state index < -0.39 is 0 Å². The van der Waals surface area contributed by atoms with Gasteiger partial charge in [-0.2, -0.15) is 0 Å². The van der Waals surface area contributed by atoms with Crippen LogP contribution in [-0.2, 0) is 12.8 Å². The van der Waals surface area contributed by atoms with Gasteiger partial charge in [0.1, 0.15) is 11.6 Å². The van der Waals surface area contributed by atoms with Gasteiger partial charge in [0, 0.05) is 18.8 Å². The number of hydrogen-bond donors (Lipinski definition) is 2. The summed E-state index contributed by atoms with van der Waals surface area (Å²) in [5.41, 5.74) is 0.962. The molecule has 3 nitrogen and oxygen atoms in total. The minimum atomic E-state index is 0.360. The molecule has 1 heterocycles. The Kier molecular flexibility index (Phi) is 2.49. The lowest BCUT2D eigenvalue weighted by Crippen LogP contribution is -1.93. The van der Waals surface area contributed by atoms with Crippen LogP contribution in [0.1, 0.15) is 11.4 Å². The highest BCUT2D eigenvalue weighted by molar-refractivity contribution is 5.32. The average Bonchev–Trinajstić information content (AvgIpc) is 2.69. The summed E-state index contributed by atoms with van der Waals surface area (Å²) in [7, 11) is 0. The largest absolute Gasteiger partial charge is 0.508 e. The molecule has 2 N–H and O–H groups in total. The number of rotatable bonds is 3. The zero-order valence-electron chi connectivity index (χ0n) is 7.77. The van der Waals surface area contributed by atoms with Crippen LogP contribution in [0, 0.1) is 0 Å². The second-order valence-electron chi connectivity index (χ2n) is 3.16. The van der Waals surface area contributed by atoms with Gasteiger partial charge < -0.3 is 10.1 Å². The van der Waals surface area contributed by atoms with Gasteiger partial charge in [-0.3, -0.25) is 0 Å². The molecule has 1 aromatic heterocycles. The van der Waals surface area contributed by atoms with Crippen LogP contribution in [0.25, 0.3) is 0 Å². The van der Waals surface area contributed by atoms with Crippen molar-refractivity contribution < 1.29 is 5.11 Å². The number of aromatic amines is 1. The third-order valence-electron chi connectivity index (χ3n) is 2.18. The van der Waals surface area contributed by atoms with Gasteiger partial charge in [0.2, 0.25) is 0 Å². The highest BCUT2D eigenvalue weighted by Crippen LogP contribution is 2.16. The molecule has 0 bridgehead atoms. The second-order valence-corrected chi connectivity index (χ2v) is 3.16. The number of aryl methyl sites for hydroxylation is 2. The molecule has 1 aromatic carbocycles. The molecule has 3 heteroatoms. The van der Waals surface area contributed by atoms with Crippen molar-refractivity contribution in [1.29, 1.82) is 0 Å². The number of aromatic hydroxyl groups is 1. The van der Waals surface area contributed by atoms with Gasteiger partial charge in [-0.05, 0) is 18.1 Å².